The summed E-state index contributed by atoms with van der Waals surface area (Å²) in [4.78, 5) is 0. The van der Waals surface area contributed by atoms with Crippen molar-refractivity contribution in [2.75, 3.05) is 0 Å². The van der Waals surface area contributed by atoms with Crippen LogP contribution in [0.2, 0.25) is 0 Å². The second-order valence-electron chi connectivity index (χ2n) is 6.69. The van der Waals surface area contributed by atoms with Crippen molar-refractivity contribution in [3.05, 3.63) is 28.8 Å². The lowest BCUT2D eigenvalue weighted by Crippen LogP contribution is -2.39. The van der Waals surface area contributed by atoms with E-state index in [2.05, 4.69) is 9.50 Å². The second kappa shape index (κ2) is 5.62. The lowest BCUT2D eigenvalue weighted by Gasteiger charge is -2.35. The molecule has 3 rings (SSSR count). The van der Waals surface area contributed by atoms with Gasteiger partial charge in [-0.15, -0.1) is 0 Å². The molecule has 0 saturated heterocycles. The van der Waals surface area contributed by atoms with Gasteiger partial charge in [-0.3, -0.25) is 0 Å². The fourth-order valence-corrected chi connectivity index (χ4v) is 4.54. The maximum absolute atomic E-state index is 12.6. The van der Waals surface area contributed by atoms with Crippen molar-refractivity contribution in [3.8, 4) is 5.75 Å². The van der Waals surface area contributed by atoms with Crippen LogP contribution in [0.1, 0.15) is 61.8 Å². The van der Waals surface area contributed by atoms with E-state index in [-0.39, 0.29) is 17.3 Å². The zero-order chi connectivity index (χ0) is 17.8. The number of hydrogen-bond acceptors (Lipinski definition) is 4. The van der Waals surface area contributed by atoms with Crippen LogP contribution in [0.4, 0.5) is 13.2 Å². The molecule has 134 valence electrons. The summed E-state index contributed by atoms with van der Waals surface area (Å²) in [5.41, 5.74) is -3.08. The molecule has 0 radical (unpaired) electrons. The highest BCUT2D eigenvalue weighted by molar-refractivity contribution is 7.88. The van der Waals surface area contributed by atoms with Gasteiger partial charge in [-0.1, -0.05) is 19.3 Å². The molecule has 1 unspecified atom stereocenters. The zero-order valence-corrected chi connectivity index (χ0v) is 14.4. The first-order valence-corrected chi connectivity index (χ1v) is 9.40. The van der Waals surface area contributed by atoms with Crippen LogP contribution in [0.25, 0.3) is 0 Å². The summed E-state index contributed by atoms with van der Waals surface area (Å²) in [5, 5.41) is 3.57. The van der Waals surface area contributed by atoms with Gasteiger partial charge in [0.05, 0.1) is 0 Å². The SMILES string of the molecule is Cc1cc(OS(=O)(=O)C(F)(F)F)cc2c1C(C)NC21CCCCC1. The molecule has 1 heterocycles. The van der Waals surface area contributed by atoms with E-state index in [1.807, 2.05) is 6.92 Å². The third kappa shape index (κ3) is 2.79. The maximum atomic E-state index is 12.6. The summed E-state index contributed by atoms with van der Waals surface area (Å²) in [6, 6.07) is 2.90. The Labute approximate surface area is 139 Å². The number of aryl methyl sites for hydroxylation is 1. The Kier molecular flexibility index (Phi) is 4.11. The summed E-state index contributed by atoms with van der Waals surface area (Å²) < 4.78 is 64.7. The zero-order valence-electron chi connectivity index (χ0n) is 13.5. The van der Waals surface area contributed by atoms with Crippen molar-refractivity contribution >= 4 is 10.1 Å². The van der Waals surface area contributed by atoms with Gasteiger partial charge in [0.1, 0.15) is 5.75 Å². The number of fused-ring (bicyclic) bond motifs is 2. The fourth-order valence-electron chi connectivity index (χ4n) is 4.09. The van der Waals surface area contributed by atoms with Gasteiger partial charge in [0.25, 0.3) is 0 Å². The van der Waals surface area contributed by atoms with Crippen molar-refractivity contribution < 1.29 is 25.8 Å². The van der Waals surface area contributed by atoms with Crippen LogP contribution in [0, 0.1) is 6.92 Å². The molecule has 1 spiro atoms. The monoisotopic (exact) mass is 363 g/mol. The van der Waals surface area contributed by atoms with E-state index in [0.717, 1.165) is 48.8 Å². The molecule has 1 aromatic rings. The Morgan fingerprint density at radius 3 is 2.42 bits per heavy atom. The highest BCUT2D eigenvalue weighted by Crippen LogP contribution is 2.48. The van der Waals surface area contributed by atoms with Gasteiger partial charge >= 0.3 is 15.6 Å². The van der Waals surface area contributed by atoms with Crippen LogP contribution in [-0.4, -0.2) is 13.9 Å². The van der Waals surface area contributed by atoms with Crippen LogP contribution in [0.3, 0.4) is 0 Å². The van der Waals surface area contributed by atoms with Crippen LogP contribution in [0.5, 0.6) is 5.75 Å². The van der Waals surface area contributed by atoms with Crippen molar-refractivity contribution in [1.82, 2.24) is 5.32 Å². The predicted octanol–water partition coefficient (Wildman–Crippen LogP) is 4.05. The second-order valence-corrected chi connectivity index (χ2v) is 8.23. The molecule has 1 atom stereocenters. The maximum Gasteiger partial charge on any atom is 0.534 e. The molecular formula is C16H20F3NO3S. The Hall–Kier alpha value is -1.28. The van der Waals surface area contributed by atoms with E-state index < -0.39 is 15.6 Å². The number of alkyl halides is 3. The number of nitrogens with one attached hydrogen (secondary N) is 1. The molecule has 0 aromatic heterocycles. The first kappa shape index (κ1) is 17.5. The van der Waals surface area contributed by atoms with Gasteiger partial charge in [0, 0.05) is 11.6 Å². The smallest absolute Gasteiger partial charge is 0.376 e. The number of halogens is 3. The minimum Gasteiger partial charge on any atom is -0.376 e. The van der Waals surface area contributed by atoms with E-state index >= 15 is 0 Å². The van der Waals surface area contributed by atoms with Crippen molar-refractivity contribution in [1.29, 1.82) is 0 Å². The minimum absolute atomic E-state index is 0.0753. The summed E-state index contributed by atoms with van der Waals surface area (Å²) in [6.45, 7) is 3.79. The Bertz CT molecular complexity index is 753. The molecule has 1 aliphatic carbocycles. The van der Waals surface area contributed by atoms with Crippen molar-refractivity contribution in [3.63, 3.8) is 0 Å². The average molecular weight is 363 g/mol. The molecule has 1 saturated carbocycles. The minimum atomic E-state index is -5.66. The number of benzene rings is 1. The average Bonchev–Trinajstić information content (AvgIpc) is 2.70. The van der Waals surface area contributed by atoms with Gasteiger partial charge in [-0.25, -0.2) is 0 Å². The molecule has 8 heteroatoms. The van der Waals surface area contributed by atoms with Crippen LogP contribution in [-0.2, 0) is 15.7 Å². The molecule has 2 aliphatic rings. The first-order valence-electron chi connectivity index (χ1n) is 7.99. The lowest BCUT2D eigenvalue weighted by molar-refractivity contribution is -0.0500. The van der Waals surface area contributed by atoms with E-state index in [4.69, 9.17) is 0 Å². The predicted molar refractivity (Wildman–Crippen MR) is 83.1 cm³/mol. The fraction of sp³-hybridized carbons (Fsp3) is 0.625. The van der Waals surface area contributed by atoms with Crippen molar-refractivity contribution in [2.24, 2.45) is 0 Å². The van der Waals surface area contributed by atoms with Gasteiger partial charge in [-0.2, -0.15) is 21.6 Å². The summed E-state index contributed by atoms with van der Waals surface area (Å²) in [6.07, 6.45) is 4.97. The molecule has 1 fully saturated rings. The Balaban J connectivity index is 2.05. The molecule has 1 aliphatic heterocycles. The molecule has 1 N–H and O–H groups in total. The molecule has 0 amide bonds. The topological polar surface area (TPSA) is 55.4 Å². The first-order chi connectivity index (χ1) is 11.1. The summed E-state index contributed by atoms with van der Waals surface area (Å²) >= 11 is 0. The van der Waals surface area contributed by atoms with Crippen LogP contribution >= 0.6 is 0 Å². The van der Waals surface area contributed by atoms with Crippen molar-refractivity contribution in [2.45, 2.75) is 63.0 Å². The number of hydrogen-bond donors (Lipinski definition) is 1. The summed E-state index contributed by atoms with van der Waals surface area (Å²) in [7, 11) is -5.66. The van der Waals surface area contributed by atoms with Crippen LogP contribution in [0.15, 0.2) is 12.1 Å². The Morgan fingerprint density at radius 1 is 1.21 bits per heavy atom. The van der Waals surface area contributed by atoms with Gasteiger partial charge in [-0.05, 0) is 55.5 Å². The van der Waals surface area contributed by atoms with Gasteiger partial charge in [0.2, 0.25) is 0 Å². The highest BCUT2D eigenvalue weighted by Gasteiger charge is 2.49. The van der Waals surface area contributed by atoms with E-state index in [0.29, 0.717) is 0 Å². The Morgan fingerprint density at radius 2 is 1.83 bits per heavy atom. The van der Waals surface area contributed by atoms with E-state index in [1.165, 1.54) is 12.1 Å². The van der Waals surface area contributed by atoms with Gasteiger partial charge in [0.15, 0.2) is 0 Å². The standard InChI is InChI=1S/C16H20F3NO3S/c1-10-8-12(23-24(21,22)16(17,18)19)9-13-14(10)11(2)20-15(13)6-4-3-5-7-15/h8-9,11,20H,3-7H2,1-2H3. The molecule has 24 heavy (non-hydrogen) atoms. The quantitative estimate of drug-likeness (QED) is 0.636. The highest BCUT2D eigenvalue weighted by atomic mass is 32.2. The normalized spacial score (nSPS) is 23.3. The number of rotatable bonds is 2. The van der Waals surface area contributed by atoms with Crippen LogP contribution < -0.4 is 9.50 Å². The summed E-state index contributed by atoms with van der Waals surface area (Å²) in [5.74, 6) is -0.274. The lowest BCUT2D eigenvalue weighted by atomic mass is 9.77. The molecule has 0 bridgehead atoms. The third-order valence-corrected chi connectivity index (χ3v) is 5.98. The molecule has 4 nitrogen and oxygen atoms in total. The van der Waals surface area contributed by atoms with E-state index in [1.54, 1.807) is 6.92 Å². The molecular weight excluding hydrogens is 343 g/mol. The largest absolute Gasteiger partial charge is 0.534 e. The third-order valence-electron chi connectivity index (χ3n) is 5.00. The van der Waals surface area contributed by atoms with E-state index in [9.17, 15) is 21.6 Å². The molecule has 1 aromatic carbocycles. The van der Waals surface area contributed by atoms with Gasteiger partial charge < -0.3 is 9.50 Å².